The molecule has 0 bridgehead atoms. The van der Waals surface area contributed by atoms with E-state index in [0.717, 1.165) is 5.69 Å². The van der Waals surface area contributed by atoms with Gasteiger partial charge in [-0.25, -0.2) is 0 Å². The summed E-state index contributed by atoms with van der Waals surface area (Å²) in [6.45, 7) is 0.0594. The summed E-state index contributed by atoms with van der Waals surface area (Å²) in [6, 6.07) is 65.6. The first-order valence-electron chi connectivity index (χ1n) is 17.8. The van der Waals surface area contributed by atoms with Gasteiger partial charge in [0.2, 0.25) is 0 Å². The van der Waals surface area contributed by atoms with Gasteiger partial charge in [0.15, 0.2) is 0 Å². The average molecular weight is 645 g/mol. The monoisotopic (exact) mass is 644 g/mol. The molecule has 234 valence electrons. The van der Waals surface area contributed by atoms with Crippen molar-refractivity contribution in [2.24, 2.45) is 0 Å². The third-order valence-corrected chi connectivity index (χ3v) is 11.5. The van der Waals surface area contributed by atoms with Gasteiger partial charge in [-0.15, -0.1) is 0 Å². The number of rotatable bonds is 2. The Bertz CT molecular complexity index is 3100. The van der Waals surface area contributed by atoms with Gasteiger partial charge in [-0.3, -0.25) is 0 Å². The van der Waals surface area contributed by atoms with Crippen LogP contribution >= 0.6 is 0 Å². The summed E-state index contributed by atoms with van der Waals surface area (Å²) >= 11 is 0. The van der Waals surface area contributed by atoms with E-state index in [-0.39, 0.29) is 6.71 Å². The van der Waals surface area contributed by atoms with Crippen LogP contribution in [0.4, 0.5) is 17.1 Å². The molecule has 2 nitrogen and oxygen atoms in total. The first kappa shape index (κ1) is 27.3. The van der Waals surface area contributed by atoms with Gasteiger partial charge < -0.3 is 9.47 Å². The summed E-state index contributed by atoms with van der Waals surface area (Å²) in [4.78, 5) is 2.52. The van der Waals surface area contributed by atoms with E-state index in [9.17, 15) is 0 Å². The summed E-state index contributed by atoms with van der Waals surface area (Å²) < 4.78 is 2.58. The number of fused-ring (bicyclic) bond motifs is 11. The number of nitrogens with zero attached hydrogens (tertiary/aromatic N) is 2. The summed E-state index contributed by atoms with van der Waals surface area (Å²) in [5.74, 6) is 0. The Balaban J connectivity index is 1.30. The molecule has 10 aromatic rings. The molecule has 0 radical (unpaired) electrons. The van der Waals surface area contributed by atoms with Crippen molar-refractivity contribution in [3.8, 4) is 16.8 Å². The molecule has 0 saturated carbocycles. The molecule has 0 atom stereocenters. The zero-order chi connectivity index (χ0) is 33.2. The van der Waals surface area contributed by atoms with E-state index < -0.39 is 0 Å². The van der Waals surface area contributed by atoms with Gasteiger partial charge in [0.1, 0.15) is 0 Å². The van der Waals surface area contributed by atoms with Crippen LogP contribution in [0.25, 0.3) is 70.9 Å². The third-order valence-electron chi connectivity index (χ3n) is 11.5. The number of hydrogen-bond acceptors (Lipinski definition) is 1. The Hall–Kier alpha value is -6.58. The van der Waals surface area contributed by atoms with E-state index in [0.29, 0.717) is 0 Å². The first-order chi connectivity index (χ1) is 25.3. The van der Waals surface area contributed by atoms with Gasteiger partial charge in [0.25, 0.3) is 6.71 Å². The lowest BCUT2D eigenvalue weighted by Gasteiger charge is -2.41. The molecule has 0 N–H and O–H groups in total. The van der Waals surface area contributed by atoms with Gasteiger partial charge >= 0.3 is 0 Å². The SMILES string of the molecule is c1ccc(N2c3cc4ccccc4cc3B3c4c2cc(-c2ccc5ccccc5c2)cc4-n2c4ccccc4c4c5ccccc5cc3c42)cc1. The molecule has 0 saturated heterocycles. The van der Waals surface area contributed by atoms with Crippen LogP contribution in [0.15, 0.2) is 176 Å². The minimum Gasteiger partial charge on any atom is -0.311 e. The second-order valence-electron chi connectivity index (χ2n) is 14.1. The van der Waals surface area contributed by atoms with E-state index in [4.69, 9.17) is 0 Å². The maximum atomic E-state index is 2.58. The molecule has 12 rings (SSSR count). The fraction of sp³-hybridized carbons (Fsp3) is 0. The van der Waals surface area contributed by atoms with E-state index in [1.807, 2.05) is 0 Å². The quantitative estimate of drug-likeness (QED) is 0.170. The van der Waals surface area contributed by atoms with Crippen LogP contribution in [-0.2, 0) is 0 Å². The Kier molecular flexibility index (Phi) is 5.35. The molecule has 0 amide bonds. The van der Waals surface area contributed by atoms with Gasteiger partial charge in [0, 0.05) is 33.5 Å². The second kappa shape index (κ2) is 10.00. The lowest BCUT2D eigenvalue weighted by atomic mass is 9.33. The van der Waals surface area contributed by atoms with Crippen LogP contribution < -0.4 is 21.3 Å². The molecule has 0 aliphatic carbocycles. The summed E-state index contributed by atoms with van der Waals surface area (Å²) in [7, 11) is 0. The standard InChI is InChI=1S/C48H29BN2/c1-2-17-37(18-3-1)50-43-27-33-15-7-6-14-32(33)25-40(43)49-41-26-35-16-8-9-19-38(35)46-39-20-10-11-21-42(39)51(48(41)46)45-29-36(28-44(50)47(45)49)34-23-22-30-12-4-5-13-31(30)24-34/h1-29H. The molecular formula is C48H29BN2. The fourth-order valence-electron chi connectivity index (χ4n) is 9.30. The fourth-order valence-corrected chi connectivity index (χ4v) is 9.30. The molecule has 3 heterocycles. The number of anilines is 3. The topological polar surface area (TPSA) is 8.17 Å². The van der Waals surface area contributed by atoms with Crippen molar-refractivity contribution in [3.63, 3.8) is 0 Å². The van der Waals surface area contributed by atoms with Crippen molar-refractivity contribution >= 4 is 94.3 Å². The maximum Gasteiger partial charge on any atom is 0.252 e. The van der Waals surface area contributed by atoms with Crippen molar-refractivity contribution in [2.45, 2.75) is 0 Å². The third kappa shape index (κ3) is 3.67. The van der Waals surface area contributed by atoms with Crippen molar-refractivity contribution in [1.29, 1.82) is 0 Å². The van der Waals surface area contributed by atoms with E-state index in [1.165, 1.54) is 98.7 Å². The summed E-state index contributed by atoms with van der Waals surface area (Å²) in [5.41, 5.74) is 14.0. The number of hydrogen-bond donors (Lipinski definition) is 0. The second-order valence-corrected chi connectivity index (χ2v) is 14.1. The highest BCUT2D eigenvalue weighted by Crippen LogP contribution is 2.45. The Labute approximate surface area is 295 Å². The minimum atomic E-state index is 0.0594. The Morgan fingerprint density at radius 2 is 1.02 bits per heavy atom. The van der Waals surface area contributed by atoms with E-state index in [1.54, 1.807) is 0 Å². The molecule has 0 fully saturated rings. The molecule has 0 unspecified atom stereocenters. The molecule has 0 spiro atoms. The lowest BCUT2D eigenvalue weighted by molar-refractivity contribution is 1.18. The molecule has 1 aromatic heterocycles. The van der Waals surface area contributed by atoms with E-state index >= 15 is 0 Å². The smallest absolute Gasteiger partial charge is 0.252 e. The lowest BCUT2D eigenvalue weighted by Crippen LogP contribution is -2.60. The maximum absolute atomic E-state index is 2.58. The van der Waals surface area contributed by atoms with Crippen LogP contribution in [0.5, 0.6) is 0 Å². The normalized spacial score (nSPS) is 13.0. The van der Waals surface area contributed by atoms with Crippen molar-refractivity contribution in [2.75, 3.05) is 4.90 Å². The molecule has 2 aliphatic rings. The zero-order valence-electron chi connectivity index (χ0n) is 27.7. The molecule has 9 aromatic carbocycles. The van der Waals surface area contributed by atoms with Crippen LogP contribution in [0.3, 0.4) is 0 Å². The van der Waals surface area contributed by atoms with Crippen molar-refractivity contribution in [1.82, 2.24) is 4.57 Å². The molecule has 51 heavy (non-hydrogen) atoms. The van der Waals surface area contributed by atoms with Gasteiger partial charge in [-0.05, 0) is 102 Å². The highest BCUT2D eigenvalue weighted by molar-refractivity contribution is 7.00. The Morgan fingerprint density at radius 3 is 1.84 bits per heavy atom. The number of aromatic nitrogens is 1. The minimum absolute atomic E-state index is 0.0594. The van der Waals surface area contributed by atoms with Crippen LogP contribution in [0.1, 0.15) is 0 Å². The Morgan fingerprint density at radius 1 is 0.392 bits per heavy atom. The van der Waals surface area contributed by atoms with Crippen LogP contribution in [0.2, 0.25) is 0 Å². The zero-order valence-corrected chi connectivity index (χ0v) is 27.7. The van der Waals surface area contributed by atoms with Crippen LogP contribution in [-0.4, -0.2) is 11.3 Å². The molecule has 3 heteroatoms. The van der Waals surface area contributed by atoms with Crippen LogP contribution in [0, 0.1) is 0 Å². The van der Waals surface area contributed by atoms with Crippen molar-refractivity contribution in [3.05, 3.63) is 176 Å². The molecular weight excluding hydrogens is 615 g/mol. The highest BCUT2D eigenvalue weighted by Gasteiger charge is 2.43. The summed E-state index contributed by atoms with van der Waals surface area (Å²) in [6.07, 6.45) is 0. The average Bonchev–Trinajstić information content (AvgIpc) is 3.55. The molecule has 2 aliphatic heterocycles. The van der Waals surface area contributed by atoms with Gasteiger partial charge in [-0.2, -0.15) is 0 Å². The van der Waals surface area contributed by atoms with Gasteiger partial charge in [-0.1, -0.05) is 133 Å². The number of para-hydroxylation sites is 2. The number of benzene rings is 9. The van der Waals surface area contributed by atoms with E-state index in [2.05, 4.69) is 185 Å². The highest BCUT2D eigenvalue weighted by atomic mass is 15.2. The predicted molar refractivity (Wildman–Crippen MR) is 218 cm³/mol. The predicted octanol–water partition coefficient (Wildman–Crippen LogP) is 10.5. The van der Waals surface area contributed by atoms with Crippen molar-refractivity contribution < 1.29 is 0 Å². The summed E-state index contributed by atoms with van der Waals surface area (Å²) in [5, 5.41) is 10.3. The largest absolute Gasteiger partial charge is 0.311 e. The first-order valence-corrected chi connectivity index (χ1v) is 17.8. The van der Waals surface area contributed by atoms with Gasteiger partial charge in [0.05, 0.1) is 11.0 Å².